The second-order valence-electron chi connectivity index (χ2n) is 9.15. The summed E-state index contributed by atoms with van der Waals surface area (Å²) < 4.78 is 24.2. The van der Waals surface area contributed by atoms with Gasteiger partial charge in [0.1, 0.15) is 18.2 Å². The standard InChI is InChI=1S/C24H36FN3O3/c1-2-27-11-8-19-17-21(28-12-15-30-16-13-28)7-9-24(19,18-27)23(29)26-10-14-31-22-5-3-20(25)4-6-22/h3-6,19,21H,2,7-18H2,1H3,(H,26,29)/t19-,21+,24-/m1/s1. The summed E-state index contributed by atoms with van der Waals surface area (Å²) in [7, 11) is 0. The molecule has 2 saturated heterocycles. The summed E-state index contributed by atoms with van der Waals surface area (Å²) in [6, 6.07) is 6.56. The first-order valence-electron chi connectivity index (χ1n) is 11.8. The zero-order valence-corrected chi connectivity index (χ0v) is 18.7. The van der Waals surface area contributed by atoms with Crippen molar-refractivity contribution in [3.8, 4) is 5.75 Å². The smallest absolute Gasteiger partial charge is 0.227 e. The van der Waals surface area contributed by atoms with E-state index in [9.17, 15) is 9.18 Å². The van der Waals surface area contributed by atoms with Gasteiger partial charge < -0.3 is 19.7 Å². The Bertz CT molecular complexity index is 725. The largest absolute Gasteiger partial charge is 0.492 e. The van der Waals surface area contributed by atoms with Crippen molar-refractivity contribution < 1.29 is 18.7 Å². The number of hydrogen-bond acceptors (Lipinski definition) is 5. The molecule has 6 nitrogen and oxygen atoms in total. The zero-order valence-electron chi connectivity index (χ0n) is 18.7. The van der Waals surface area contributed by atoms with E-state index in [1.807, 2.05) is 0 Å². The van der Waals surface area contributed by atoms with E-state index in [2.05, 4.69) is 22.0 Å². The van der Waals surface area contributed by atoms with Crippen LogP contribution in [0.3, 0.4) is 0 Å². The predicted octanol–water partition coefficient (Wildman–Crippen LogP) is 2.53. The third-order valence-corrected chi connectivity index (χ3v) is 7.49. The molecule has 0 radical (unpaired) electrons. The van der Waals surface area contributed by atoms with Gasteiger partial charge in [-0.05, 0) is 69.0 Å². The van der Waals surface area contributed by atoms with Crippen LogP contribution >= 0.6 is 0 Å². The number of likely N-dealkylation sites (tertiary alicyclic amines) is 1. The average Bonchev–Trinajstić information content (AvgIpc) is 2.82. The summed E-state index contributed by atoms with van der Waals surface area (Å²) in [6.07, 6.45) is 4.22. The molecule has 0 unspecified atom stereocenters. The highest BCUT2D eigenvalue weighted by atomic mass is 19.1. The molecule has 1 amide bonds. The topological polar surface area (TPSA) is 54.0 Å². The maximum Gasteiger partial charge on any atom is 0.227 e. The summed E-state index contributed by atoms with van der Waals surface area (Å²) in [5.74, 6) is 0.942. The van der Waals surface area contributed by atoms with Crippen molar-refractivity contribution in [2.45, 2.75) is 38.6 Å². The molecule has 3 fully saturated rings. The van der Waals surface area contributed by atoms with Crippen LogP contribution in [0.4, 0.5) is 4.39 Å². The Labute approximate surface area is 185 Å². The predicted molar refractivity (Wildman–Crippen MR) is 118 cm³/mol. The highest BCUT2D eigenvalue weighted by Gasteiger charge is 2.52. The number of piperidine rings is 1. The Kier molecular flexibility index (Phi) is 7.46. The van der Waals surface area contributed by atoms with Crippen LogP contribution in [0.2, 0.25) is 0 Å². The van der Waals surface area contributed by atoms with Crippen molar-refractivity contribution in [2.24, 2.45) is 11.3 Å². The average molecular weight is 434 g/mol. The number of rotatable bonds is 7. The molecule has 31 heavy (non-hydrogen) atoms. The molecule has 1 aromatic rings. The Morgan fingerprint density at radius 1 is 1.23 bits per heavy atom. The summed E-state index contributed by atoms with van der Waals surface area (Å²) in [4.78, 5) is 18.5. The van der Waals surface area contributed by atoms with Crippen LogP contribution in [0.15, 0.2) is 24.3 Å². The van der Waals surface area contributed by atoms with E-state index in [4.69, 9.17) is 9.47 Å². The van der Waals surface area contributed by atoms with Gasteiger partial charge in [0.2, 0.25) is 5.91 Å². The number of nitrogens with zero attached hydrogens (tertiary/aromatic N) is 2. The van der Waals surface area contributed by atoms with Gasteiger partial charge in [0.05, 0.1) is 25.2 Å². The molecule has 7 heteroatoms. The van der Waals surface area contributed by atoms with Gasteiger partial charge in [0, 0.05) is 25.7 Å². The van der Waals surface area contributed by atoms with E-state index in [1.165, 1.54) is 12.1 Å². The van der Waals surface area contributed by atoms with Crippen LogP contribution in [0.5, 0.6) is 5.75 Å². The number of hydrogen-bond donors (Lipinski definition) is 1. The minimum absolute atomic E-state index is 0.179. The molecule has 1 aromatic carbocycles. The second-order valence-corrected chi connectivity index (χ2v) is 9.15. The van der Waals surface area contributed by atoms with Crippen molar-refractivity contribution in [3.63, 3.8) is 0 Å². The van der Waals surface area contributed by atoms with Crippen LogP contribution in [0.25, 0.3) is 0 Å². The first-order valence-corrected chi connectivity index (χ1v) is 11.8. The molecule has 2 heterocycles. The van der Waals surface area contributed by atoms with E-state index in [-0.39, 0.29) is 17.1 Å². The number of halogens is 1. The van der Waals surface area contributed by atoms with Gasteiger partial charge in [0.25, 0.3) is 0 Å². The monoisotopic (exact) mass is 433 g/mol. The van der Waals surface area contributed by atoms with Gasteiger partial charge in [-0.2, -0.15) is 0 Å². The number of nitrogens with one attached hydrogen (secondary N) is 1. The summed E-state index contributed by atoms with van der Waals surface area (Å²) in [5.41, 5.74) is -0.299. The van der Waals surface area contributed by atoms with Gasteiger partial charge in [-0.1, -0.05) is 6.92 Å². The van der Waals surface area contributed by atoms with E-state index >= 15 is 0 Å². The molecule has 2 aliphatic heterocycles. The lowest BCUT2D eigenvalue weighted by Gasteiger charge is -2.53. The van der Waals surface area contributed by atoms with Gasteiger partial charge >= 0.3 is 0 Å². The van der Waals surface area contributed by atoms with Crippen LogP contribution < -0.4 is 10.1 Å². The Balaban J connectivity index is 1.35. The Hall–Kier alpha value is -1.70. The van der Waals surface area contributed by atoms with Gasteiger partial charge in [-0.25, -0.2) is 4.39 Å². The zero-order chi connectivity index (χ0) is 21.7. The fraction of sp³-hybridized carbons (Fsp3) is 0.708. The minimum Gasteiger partial charge on any atom is -0.492 e. The van der Waals surface area contributed by atoms with E-state index in [0.717, 1.165) is 71.6 Å². The molecular formula is C24H36FN3O3. The summed E-state index contributed by atoms with van der Waals surface area (Å²) in [5, 5.41) is 3.16. The van der Waals surface area contributed by atoms with Crippen LogP contribution in [0.1, 0.15) is 32.6 Å². The second kappa shape index (κ2) is 10.3. The maximum atomic E-state index is 13.5. The molecule has 1 aliphatic carbocycles. The SMILES string of the molecule is CCN1CC[C@@H]2C[C@@H](N3CCOCC3)CC[C@@]2(C(=O)NCCOc2ccc(F)cc2)C1. The fourth-order valence-electron chi connectivity index (χ4n) is 5.67. The first-order chi connectivity index (χ1) is 15.1. The minimum atomic E-state index is -0.299. The van der Waals surface area contributed by atoms with Crippen LogP contribution in [-0.2, 0) is 9.53 Å². The molecule has 3 atom stereocenters. The third kappa shape index (κ3) is 5.21. The highest BCUT2D eigenvalue weighted by molar-refractivity contribution is 5.83. The van der Waals surface area contributed by atoms with Crippen LogP contribution in [-0.4, -0.2) is 80.8 Å². The van der Waals surface area contributed by atoms with Crippen molar-refractivity contribution in [3.05, 3.63) is 30.1 Å². The number of ether oxygens (including phenoxy) is 2. The molecule has 0 bridgehead atoms. The quantitative estimate of drug-likeness (QED) is 0.670. The molecule has 0 spiro atoms. The van der Waals surface area contributed by atoms with E-state index < -0.39 is 0 Å². The summed E-state index contributed by atoms with van der Waals surface area (Å²) in [6.45, 7) is 9.62. The normalized spacial score (nSPS) is 29.9. The van der Waals surface area contributed by atoms with E-state index in [0.29, 0.717) is 30.9 Å². The maximum absolute atomic E-state index is 13.5. The molecule has 1 N–H and O–H groups in total. The highest BCUT2D eigenvalue weighted by Crippen LogP contribution is 2.47. The number of amides is 1. The van der Waals surface area contributed by atoms with Crippen molar-refractivity contribution in [2.75, 3.05) is 59.1 Å². The molecule has 4 rings (SSSR count). The van der Waals surface area contributed by atoms with Crippen molar-refractivity contribution in [1.29, 1.82) is 0 Å². The van der Waals surface area contributed by atoms with Crippen molar-refractivity contribution >= 4 is 5.91 Å². The number of fused-ring (bicyclic) bond motifs is 1. The van der Waals surface area contributed by atoms with Gasteiger partial charge in [-0.15, -0.1) is 0 Å². The molecule has 172 valence electrons. The number of carbonyl (C=O) groups is 1. The van der Waals surface area contributed by atoms with Gasteiger partial charge in [0.15, 0.2) is 0 Å². The molecule has 3 aliphatic rings. The molecular weight excluding hydrogens is 397 g/mol. The summed E-state index contributed by atoms with van der Waals surface area (Å²) >= 11 is 0. The molecule has 0 aromatic heterocycles. The Morgan fingerprint density at radius 2 is 2.00 bits per heavy atom. The van der Waals surface area contributed by atoms with E-state index in [1.54, 1.807) is 12.1 Å². The van der Waals surface area contributed by atoms with Crippen molar-refractivity contribution in [1.82, 2.24) is 15.1 Å². The lowest BCUT2D eigenvalue weighted by atomic mass is 9.61. The fourth-order valence-corrected chi connectivity index (χ4v) is 5.67. The van der Waals surface area contributed by atoms with Gasteiger partial charge in [-0.3, -0.25) is 9.69 Å². The number of benzene rings is 1. The number of carbonyl (C=O) groups excluding carboxylic acids is 1. The lowest BCUT2D eigenvalue weighted by molar-refractivity contribution is -0.145. The Morgan fingerprint density at radius 3 is 2.74 bits per heavy atom. The third-order valence-electron chi connectivity index (χ3n) is 7.49. The van der Waals surface area contributed by atoms with Crippen LogP contribution in [0, 0.1) is 17.2 Å². The molecule has 1 saturated carbocycles. The lowest BCUT2D eigenvalue weighted by Crippen LogP contribution is -2.61. The first kappa shape index (κ1) is 22.5. The number of morpholine rings is 1.